The molecule has 0 aromatic rings. The number of hydrogen-bond acceptors (Lipinski definition) is 4. The molecule has 1 saturated heterocycles. The van der Waals surface area contributed by atoms with Crippen molar-refractivity contribution < 1.29 is 9.53 Å². The van der Waals surface area contributed by atoms with Crippen LogP contribution in [0, 0.1) is 5.92 Å². The number of thioether (sulfide) groups is 1. The van der Waals surface area contributed by atoms with Crippen LogP contribution >= 0.6 is 11.8 Å². The normalized spacial score (nSPS) is 29.6. The lowest BCUT2D eigenvalue weighted by molar-refractivity contribution is -0.142. The van der Waals surface area contributed by atoms with Crippen molar-refractivity contribution in [3.05, 3.63) is 0 Å². The molecule has 82 valence electrons. The molecule has 0 aromatic heterocycles. The summed E-state index contributed by atoms with van der Waals surface area (Å²) in [5.74, 6) is 2.42. The highest BCUT2D eigenvalue weighted by Crippen LogP contribution is 2.20. The Morgan fingerprint density at radius 1 is 1.64 bits per heavy atom. The number of methoxy groups -OCH3 is 1. The Kier molecular flexibility index (Phi) is 4.75. The van der Waals surface area contributed by atoms with Gasteiger partial charge in [0.05, 0.1) is 7.11 Å². The Morgan fingerprint density at radius 2 is 2.36 bits per heavy atom. The average molecular weight is 217 g/mol. The maximum absolute atomic E-state index is 11.3. The van der Waals surface area contributed by atoms with E-state index in [4.69, 9.17) is 4.74 Å². The number of esters is 1. The molecule has 14 heavy (non-hydrogen) atoms. The highest BCUT2D eigenvalue weighted by molar-refractivity contribution is 7.99. The lowest BCUT2D eigenvalue weighted by Crippen LogP contribution is -2.52. The summed E-state index contributed by atoms with van der Waals surface area (Å²) in [7, 11) is 1.45. The van der Waals surface area contributed by atoms with Gasteiger partial charge >= 0.3 is 5.97 Å². The fourth-order valence-corrected chi connectivity index (χ4v) is 2.84. The van der Waals surface area contributed by atoms with Crippen molar-refractivity contribution >= 4 is 17.7 Å². The summed E-state index contributed by atoms with van der Waals surface area (Å²) in [5.41, 5.74) is 0. The van der Waals surface area contributed by atoms with Gasteiger partial charge in [-0.2, -0.15) is 11.8 Å². The molecule has 1 aliphatic rings. The molecule has 0 radical (unpaired) electrons. The van der Waals surface area contributed by atoms with Gasteiger partial charge in [-0.3, -0.25) is 10.1 Å². The van der Waals surface area contributed by atoms with E-state index in [0.717, 1.165) is 17.9 Å². The molecule has 0 saturated carbocycles. The van der Waals surface area contributed by atoms with Gasteiger partial charge in [0.15, 0.2) is 0 Å². The minimum atomic E-state index is -0.134. The Bertz CT molecular complexity index is 199. The first-order valence-corrected chi connectivity index (χ1v) is 6.26. The second kappa shape index (κ2) is 5.61. The molecular formula is C10H19NO2S. The molecule has 1 fully saturated rings. The van der Waals surface area contributed by atoms with Crippen molar-refractivity contribution in [2.45, 2.75) is 32.4 Å². The van der Waals surface area contributed by atoms with Crippen molar-refractivity contribution in [1.29, 1.82) is 0 Å². The van der Waals surface area contributed by atoms with E-state index >= 15 is 0 Å². The Morgan fingerprint density at radius 3 is 2.93 bits per heavy atom. The average Bonchev–Trinajstić information content (AvgIpc) is 2.27. The van der Waals surface area contributed by atoms with Crippen LogP contribution in [0.3, 0.4) is 0 Å². The third kappa shape index (κ3) is 2.89. The molecular weight excluding hydrogens is 198 g/mol. The number of nitrogens with one attached hydrogen (secondary N) is 1. The summed E-state index contributed by atoms with van der Waals surface area (Å²) in [6.07, 6.45) is 1.14. The third-order valence-corrected chi connectivity index (χ3v) is 3.98. The first-order valence-electron chi connectivity index (χ1n) is 5.10. The lowest BCUT2D eigenvalue weighted by atomic mass is 10.00. The number of rotatable bonds is 3. The van der Waals surface area contributed by atoms with Crippen molar-refractivity contribution in [3.8, 4) is 0 Å². The monoisotopic (exact) mass is 217 g/mol. The van der Waals surface area contributed by atoms with E-state index in [9.17, 15) is 4.79 Å². The molecule has 0 spiro atoms. The molecule has 1 N–H and O–H groups in total. The Labute approximate surface area is 90.0 Å². The second-order valence-electron chi connectivity index (χ2n) is 3.77. The SMILES string of the molecule is CCC(C)C1CSCC(C(=O)OC)N1. The summed E-state index contributed by atoms with van der Waals surface area (Å²) in [6.45, 7) is 4.40. The number of hydrogen-bond donors (Lipinski definition) is 1. The Hall–Kier alpha value is -0.220. The van der Waals surface area contributed by atoms with Crippen LogP contribution in [-0.4, -0.2) is 36.7 Å². The fraction of sp³-hybridized carbons (Fsp3) is 0.900. The molecule has 1 rings (SSSR count). The summed E-state index contributed by atoms with van der Waals surface area (Å²) in [4.78, 5) is 11.3. The van der Waals surface area contributed by atoms with Crippen LogP contribution in [0.25, 0.3) is 0 Å². The van der Waals surface area contributed by atoms with Crippen molar-refractivity contribution in [3.63, 3.8) is 0 Å². The molecule has 0 aliphatic carbocycles. The van der Waals surface area contributed by atoms with Crippen LogP contribution in [0.4, 0.5) is 0 Å². The molecule has 0 bridgehead atoms. The Balaban J connectivity index is 2.47. The van der Waals surface area contributed by atoms with E-state index in [2.05, 4.69) is 19.2 Å². The van der Waals surface area contributed by atoms with Gasteiger partial charge in [0.1, 0.15) is 6.04 Å². The van der Waals surface area contributed by atoms with Gasteiger partial charge in [-0.15, -0.1) is 0 Å². The van der Waals surface area contributed by atoms with E-state index in [1.807, 2.05) is 11.8 Å². The van der Waals surface area contributed by atoms with Crippen molar-refractivity contribution in [2.75, 3.05) is 18.6 Å². The predicted octanol–water partition coefficient (Wildman–Crippen LogP) is 1.28. The molecule has 3 unspecified atom stereocenters. The van der Waals surface area contributed by atoms with E-state index < -0.39 is 0 Å². The number of ether oxygens (including phenoxy) is 1. The minimum absolute atomic E-state index is 0.113. The summed E-state index contributed by atoms with van der Waals surface area (Å²) in [6, 6.07) is 0.334. The molecule has 3 nitrogen and oxygen atoms in total. The zero-order valence-electron chi connectivity index (χ0n) is 9.08. The van der Waals surface area contributed by atoms with E-state index in [1.165, 1.54) is 7.11 Å². The van der Waals surface area contributed by atoms with Crippen LogP contribution < -0.4 is 5.32 Å². The fourth-order valence-electron chi connectivity index (χ4n) is 1.56. The van der Waals surface area contributed by atoms with Gasteiger partial charge in [-0.25, -0.2) is 0 Å². The van der Waals surface area contributed by atoms with Crippen molar-refractivity contribution in [2.24, 2.45) is 5.92 Å². The van der Waals surface area contributed by atoms with Gasteiger partial charge in [0, 0.05) is 17.5 Å². The standard InChI is InChI=1S/C10H19NO2S/c1-4-7(2)8-5-14-6-9(11-8)10(12)13-3/h7-9,11H,4-6H2,1-3H3. The summed E-state index contributed by atoms with van der Waals surface area (Å²) < 4.78 is 4.74. The lowest BCUT2D eigenvalue weighted by Gasteiger charge is -2.32. The molecule has 0 aromatic carbocycles. The zero-order chi connectivity index (χ0) is 10.6. The minimum Gasteiger partial charge on any atom is -0.468 e. The highest BCUT2D eigenvalue weighted by atomic mass is 32.2. The second-order valence-corrected chi connectivity index (χ2v) is 4.85. The molecule has 4 heteroatoms. The third-order valence-electron chi connectivity index (χ3n) is 2.81. The predicted molar refractivity (Wildman–Crippen MR) is 59.5 cm³/mol. The molecule has 3 atom stereocenters. The zero-order valence-corrected chi connectivity index (χ0v) is 9.89. The molecule has 1 aliphatic heterocycles. The largest absolute Gasteiger partial charge is 0.468 e. The van der Waals surface area contributed by atoms with Gasteiger partial charge in [-0.05, 0) is 5.92 Å². The topological polar surface area (TPSA) is 38.3 Å². The first-order chi connectivity index (χ1) is 6.69. The maximum Gasteiger partial charge on any atom is 0.323 e. The first kappa shape index (κ1) is 11.9. The van der Waals surface area contributed by atoms with Crippen LogP contribution in [0.2, 0.25) is 0 Å². The van der Waals surface area contributed by atoms with Gasteiger partial charge < -0.3 is 4.74 Å². The van der Waals surface area contributed by atoms with E-state index in [-0.39, 0.29) is 12.0 Å². The maximum atomic E-state index is 11.3. The van der Waals surface area contributed by atoms with E-state index in [1.54, 1.807) is 0 Å². The molecule has 0 amide bonds. The number of carbonyl (C=O) groups excluding carboxylic acids is 1. The summed E-state index contributed by atoms with van der Waals surface area (Å²) in [5, 5.41) is 3.36. The highest BCUT2D eigenvalue weighted by Gasteiger charge is 2.29. The summed E-state index contributed by atoms with van der Waals surface area (Å²) >= 11 is 1.84. The van der Waals surface area contributed by atoms with Crippen LogP contribution in [0.5, 0.6) is 0 Å². The smallest absolute Gasteiger partial charge is 0.323 e. The van der Waals surface area contributed by atoms with Gasteiger partial charge in [0.25, 0.3) is 0 Å². The van der Waals surface area contributed by atoms with Gasteiger partial charge in [-0.1, -0.05) is 20.3 Å². The van der Waals surface area contributed by atoms with Crippen LogP contribution in [0.1, 0.15) is 20.3 Å². The van der Waals surface area contributed by atoms with Crippen LogP contribution in [-0.2, 0) is 9.53 Å². The molecule has 1 heterocycles. The quantitative estimate of drug-likeness (QED) is 0.723. The van der Waals surface area contributed by atoms with Crippen molar-refractivity contribution in [1.82, 2.24) is 5.32 Å². The van der Waals surface area contributed by atoms with Crippen LogP contribution in [0.15, 0.2) is 0 Å². The van der Waals surface area contributed by atoms with Gasteiger partial charge in [0.2, 0.25) is 0 Å². The number of carbonyl (C=O) groups is 1. The van der Waals surface area contributed by atoms with E-state index in [0.29, 0.717) is 12.0 Å².